The molecule has 2 aromatic rings. The first-order valence-corrected chi connectivity index (χ1v) is 9.50. The fraction of sp³-hybridized carbons (Fsp3) is 0.318. The molecule has 7 nitrogen and oxygen atoms in total. The van der Waals surface area contributed by atoms with Gasteiger partial charge in [-0.2, -0.15) is 0 Å². The normalized spacial score (nSPS) is 14.7. The molecule has 29 heavy (non-hydrogen) atoms. The maximum absolute atomic E-state index is 12.9. The first kappa shape index (κ1) is 20.5. The molecule has 1 N–H and O–H groups in total. The molecule has 0 aliphatic carbocycles. The summed E-state index contributed by atoms with van der Waals surface area (Å²) < 4.78 is 10.8. The van der Waals surface area contributed by atoms with Crippen LogP contribution in [0.4, 0.5) is 0 Å². The summed E-state index contributed by atoms with van der Waals surface area (Å²) in [5.74, 6) is -1.35. The Morgan fingerprint density at radius 2 is 1.69 bits per heavy atom. The Morgan fingerprint density at radius 3 is 2.34 bits per heavy atom. The van der Waals surface area contributed by atoms with E-state index in [-0.39, 0.29) is 18.4 Å². The van der Waals surface area contributed by atoms with Crippen LogP contribution in [0.5, 0.6) is 0 Å². The minimum atomic E-state index is -1.06. The SMILES string of the molecule is Cc1ccc(C(=O)NCC(=O)OC(C(=O)N2CCOCC2)c2ccccc2)cc1. The van der Waals surface area contributed by atoms with Gasteiger partial charge in [-0.05, 0) is 19.1 Å². The van der Waals surface area contributed by atoms with E-state index < -0.39 is 12.1 Å². The summed E-state index contributed by atoms with van der Waals surface area (Å²) in [6, 6.07) is 15.9. The summed E-state index contributed by atoms with van der Waals surface area (Å²) >= 11 is 0. The molecular formula is C22H24N2O5. The van der Waals surface area contributed by atoms with Gasteiger partial charge in [0.2, 0.25) is 6.10 Å². The van der Waals surface area contributed by atoms with Crippen molar-refractivity contribution in [3.05, 3.63) is 71.3 Å². The second-order valence-corrected chi connectivity index (χ2v) is 6.77. The molecule has 1 fully saturated rings. The summed E-state index contributed by atoms with van der Waals surface area (Å²) in [6.45, 7) is 3.40. The number of carbonyl (C=O) groups is 3. The van der Waals surface area contributed by atoms with Crippen LogP contribution in [0.1, 0.15) is 27.6 Å². The highest BCUT2D eigenvalue weighted by molar-refractivity contribution is 5.96. The summed E-state index contributed by atoms with van der Waals surface area (Å²) in [5.41, 5.74) is 2.07. The monoisotopic (exact) mass is 396 g/mol. The van der Waals surface area contributed by atoms with Crippen LogP contribution in [0.25, 0.3) is 0 Å². The number of hydrogen-bond donors (Lipinski definition) is 1. The van der Waals surface area contributed by atoms with E-state index in [1.807, 2.05) is 25.1 Å². The average molecular weight is 396 g/mol. The van der Waals surface area contributed by atoms with Crippen LogP contribution in [0.15, 0.2) is 54.6 Å². The number of amides is 2. The van der Waals surface area contributed by atoms with Crippen molar-refractivity contribution in [2.75, 3.05) is 32.8 Å². The lowest BCUT2D eigenvalue weighted by Crippen LogP contribution is -2.44. The van der Waals surface area contributed by atoms with Crippen molar-refractivity contribution < 1.29 is 23.9 Å². The lowest BCUT2D eigenvalue weighted by molar-refractivity contribution is -0.162. The number of aryl methyl sites for hydroxylation is 1. The van der Waals surface area contributed by atoms with Crippen molar-refractivity contribution in [2.45, 2.75) is 13.0 Å². The number of esters is 1. The highest BCUT2D eigenvalue weighted by Crippen LogP contribution is 2.21. The number of benzene rings is 2. The second-order valence-electron chi connectivity index (χ2n) is 6.77. The molecule has 1 atom stereocenters. The summed E-state index contributed by atoms with van der Waals surface area (Å²) in [7, 11) is 0. The fourth-order valence-corrected chi connectivity index (χ4v) is 2.97. The van der Waals surface area contributed by atoms with Gasteiger partial charge >= 0.3 is 5.97 Å². The molecule has 1 aliphatic heterocycles. The molecule has 2 aromatic carbocycles. The number of nitrogens with one attached hydrogen (secondary N) is 1. The van der Waals surface area contributed by atoms with Gasteiger partial charge < -0.3 is 19.7 Å². The molecule has 1 aliphatic rings. The maximum Gasteiger partial charge on any atom is 0.326 e. The highest BCUT2D eigenvalue weighted by Gasteiger charge is 2.30. The molecule has 0 saturated carbocycles. The first-order chi connectivity index (χ1) is 14.0. The Morgan fingerprint density at radius 1 is 1.03 bits per heavy atom. The van der Waals surface area contributed by atoms with Crippen molar-refractivity contribution in [1.29, 1.82) is 0 Å². The lowest BCUT2D eigenvalue weighted by Gasteiger charge is -2.30. The van der Waals surface area contributed by atoms with Gasteiger partial charge in [0.05, 0.1) is 13.2 Å². The number of morpholine rings is 1. The van der Waals surface area contributed by atoms with E-state index in [4.69, 9.17) is 9.47 Å². The molecule has 3 rings (SSSR count). The molecule has 0 spiro atoms. The first-order valence-electron chi connectivity index (χ1n) is 9.50. The van der Waals surface area contributed by atoms with Gasteiger partial charge in [-0.25, -0.2) is 0 Å². The van der Waals surface area contributed by atoms with E-state index in [0.29, 0.717) is 37.4 Å². The number of nitrogens with zero attached hydrogens (tertiary/aromatic N) is 1. The van der Waals surface area contributed by atoms with Crippen molar-refractivity contribution in [3.8, 4) is 0 Å². The number of carbonyl (C=O) groups excluding carboxylic acids is 3. The van der Waals surface area contributed by atoms with Crippen molar-refractivity contribution in [3.63, 3.8) is 0 Å². The number of rotatable bonds is 6. The highest BCUT2D eigenvalue weighted by atomic mass is 16.5. The molecule has 1 heterocycles. The minimum Gasteiger partial charge on any atom is -0.446 e. The predicted octanol–water partition coefficient (Wildman–Crippen LogP) is 1.87. The topological polar surface area (TPSA) is 84.9 Å². The van der Waals surface area contributed by atoms with E-state index in [2.05, 4.69) is 5.32 Å². The van der Waals surface area contributed by atoms with Crippen molar-refractivity contribution in [2.24, 2.45) is 0 Å². The van der Waals surface area contributed by atoms with Gasteiger partial charge in [-0.1, -0.05) is 48.0 Å². The number of hydrogen-bond acceptors (Lipinski definition) is 5. The Balaban J connectivity index is 1.63. The quantitative estimate of drug-likeness (QED) is 0.754. The predicted molar refractivity (Wildman–Crippen MR) is 106 cm³/mol. The molecular weight excluding hydrogens is 372 g/mol. The largest absolute Gasteiger partial charge is 0.446 e. The Bertz CT molecular complexity index is 845. The zero-order valence-electron chi connectivity index (χ0n) is 16.3. The average Bonchev–Trinajstić information content (AvgIpc) is 2.77. The van der Waals surface area contributed by atoms with Gasteiger partial charge in [-0.3, -0.25) is 14.4 Å². The Labute approximate surface area is 169 Å². The van der Waals surface area contributed by atoms with Gasteiger partial charge in [0.25, 0.3) is 11.8 Å². The molecule has 152 valence electrons. The van der Waals surface area contributed by atoms with Crippen LogP contribution >= 0.6 is 0 Å². The minimum absolute atomic E-state index is 0.294. The molecule has 1 unspecified atom stereocenters. The second kappa shape index (κ2) is 9.84. The lowest BCUT2D eigenvalue weighted by atomic mass is 10.1. The van der Waals surface area contributed by atoms with Crippen LogP contribution in [0.3, 0.4) is 0 Å². The smallest absolute Gasteiger partial charge is 0.326 e. The third-order valence-corrected chi connectivity index (χ3v) is 4.61. The zero-order valence-corrected chi connectivity index (χ0v) is 16.3. The molecule has 0 radical (unpaired) electrons. The zero-order chi connectivity index (χ0) is 20.6. The van der Waals surface area contributed by atoms with E-state index in [0.717, 1.165) is 5.56 Å². The van der Waals surface area contributed by atoms with E-state index in [1.54, 1.807) is 41.3 Å². The maximum atomic E-state index is 12.9. The standard InChI is InChI=1S/C22H24N2O5/c1-16-7-9-18(10-8-16)21(26)23-15-19(25)29-20(17-5-3-2-4-6-17)22(27)24-11-13-28-14-12-24/h2-10,20H,11-15H2,1H3,(H,23,26). The van der Waals surface area contributed by atoms with Crippen LogP contribution in [-0.4, -0.2) is 55.5 Å². The van der Waals surface area contributed by atoms with Gasteiger partial charge in [0, 0.05) is 24.2 Å². The van der Waals surface area contributed by atoms with E-state index in [9.17, 15) is 14.4 Å². The third-order valence-electron chi connectivity index (χ3n) is 4.61. The Hall–Kier alpha value is -3.19. The molecule has 0 aromatic heterocycles. The molecule has 0 bridgehead atoms. The molecule has 2 amide bonds. The third kappa shape index (κ3) is 5.65. The van der Waals surface area contributed by atoms with Crippen LogP contribution in [-0.2, 0) is 19.1 Å². The summed E-state index contributed by atoms with van der Waals surface area (Å²) in [4.78, 5) is 39.1. The van der Waals surface area contributed by atoms with Gasteiger partial charge in [0.15, 0.2) is 0 Å². The van der Waals surface area contributed by atoms with Crippen molar-refractivity contribution in [1.82, 2.24) is 10.2 Å². The molecule has 1 saturated heterocycles. The fourth-order valence-electron chi connectivity index (χ4n) is 2.97. The van der Waals surface area contributed by atoms with E-state index >= 15 is 0 Å². The van der Waals surface area contributed by atoms with Crippen LogP contribution < -0.4 is 5.32 Å². The number of ether oxygens (including phenoxy) is 2. The van der Waals surface area contributed by atoms with Gasteiger partial charge in [0.1, 0.15) is 6.54 Å². The van der Waals surface area contributed by atoms with E-state index in [1.165, 1.54) is 0 Å². The van der Waals surface area contributed by atoms with Crippen LogP contribution in [0, 0.1) is 6.92 Å². The van der Waals surface area contributed by atoms with Gasteiger partial charge in [-0.15, -0.1) is 0 Å². The Kier molecular flexibility index (Phi) is 6.97. The summed E-state index contributed by atoms with van der Waals surface area (Å²) in [6.07, 6.45) is -1.06. The van der Waals surface area contributed by atoms with Crippen molar-refractivity contribution >= 4 is 17.8 Å². The summed E-state index contributed by atoms with van der Waals surface area (Å²) in [5, 5.41) is 2.54. The molecule has 7 heteroatoms. The van der Waals surface area contributed by atoms with Crippen LogP contribution in [0.2, 0.25) is 0 Å².